The summed E-state index contributed by atoms with van der Waals surface area (Å²) in [5, 5.41) is 2.43. The quantitative estimate of drug-likeness (QED) is 0.0680. The number of thiazole rings is 2. The fourth-order valence-electron chi connectivity index (χ4n) is 4.64. The van der Waals surface area contributed by atoms with Crippen molar-refractivity contribution in [3.8, 4) is 0 Å². The maximum Gasteiger partial charge on any atom is 0.100 e. The van der Waals surface area contributed by atoms with Crippen LogP contribution in [0.1, 0.15) is 35.7 Å². The Kier molecular flexibility index (Phi) is 12.7. The molecule has 4 rings (SSSR count). The van der Waals surface area contributed by atoms with E-state index in [1.165, 1.54) is 19.4 Å². The summed E-state index contributed by atoms with van der Waals surface area (Å²) in [6.07, 6.45) is 0. The van der Waals surface area contributed by atoms with Crippen LogP contribution in [0.25, 0.3) is 20.4 Å². The van der Waals surface area contributed by atoms with Crippen molar-refractivity contribution in [2.45, 2.75) is 63.3 Å². The van der Waals surface area contributed by atoms with Crippen LogP contribution in [0.5, 0.6) is 0 Å². The monoisotopic (exact) mass is 650 g/mol. The first-order valence-corrected chi connectivity index (χ1v) is 24.0. The van der Waals surface area contributed by atoms with Crippen molar-refractivity contribution < 1.29 is 9.47 Å². The SMILES string of the molecule is CCOC(C(CSSSCC(c1nc2ccccc2s1)C(OCC)[Si](C)C)c1nc2ccccc2s1)[Si](C)C. The Labute approximate surface area is 256 Å². The van der Waals surface area contributed by atoms with Crippen molar-refractivity contribution in [3.63, 3.8) is 0 Å². The van der Waals surface area contributed by atoms with E-state index in [2.05, 4.69) is 88.6 Å². The number of hydrogen-bond acceptors (Lipinski definition) is 9. The molecule has 0 saturated heterocycles. The predicted octanol–water partition coefficient (Wildman–Crippen LogP) is 9.20. The number of aromatic nitrogens is 2. The normalized spacial score (nSPS) is 15.4. The first kappa shape index (κ1) is 31.6. The Morgan fingerprint density at radius 2 is 1.10 bits per heavy atom. The summed E-state index contributed by atoms with van der Waals surface area (Å²) in [5.41, 5.74) is 2.70. The van der Waals surface area contributed by atoms with E-state index in [0.29, 0.717) is 11.8 Å². The van der Waals surface area contributed by atoms with Crippen LogP contribution in [-0.2, 0) is 9.47 Å². The van der Waals surface area contributed by atoms with Crippen LogP contribution in [0.3, 0.4) is 0 Å². The molecule has 4 unspecified atom stereocenters. The Morgan fingerprint density at radius 3 is 1.46 bits per heavy atom. The van der Waals surface area contributed by atoms with Gasteiger partial charge in [0.1, 0.15) is 10.0 Å². The second-order valence-corrected chi connectivity index (χ2v) is 21.7. The average molecular weight is 651 g/mol. The molecule has 0 bridgehead atoms. The second-order valence-electron chi connectivity index (χ2n) is 9.80. The molecule has 2 heterocycles. The van der Waals surface area contributed by atoms with Gasteiger partial charge >= 0.3 is 0 Å². The molecular weight excluding hydrogens is 613 g/mol. The van der Waals surface area contributed by atoms with Crippen molar-refractivity contribution >= 4 is 92.1 Å². The van der Waals surface area contributed by atoms with Crippen LogP contribution in [-0.4, -0.2) is 63.7 Å². The van der Waals surface area contributed by atoms with Crippen LogP contribution in [0.15, 0.2) is 48.5 Å². The lowest BCUT2D eigenvalue weighted by Crippen LogP contribution is -2.35. The number of hydrogen-bond donors (Lipinski definition) is 0. The van der Waals surface area contributed by atoms with Gasteiger partial charge < -0.3 is 9.47 Å². The highest BCUT2D eigenvalue weighted by molar-refractivity contribution is 9.09. The molecule has 39 heavy (non-hydrogen) atoms. The van der Waals surface area contributed by atoms with E-state index in [1.54, 1.807) is 0 Å². The Morgan fingerprint density at radius 1 is 0.692 bits per heavy atom. The number of rotatable bonds is 16. The predicted molar refractivity (Wildman–Crippen MR) is 183 cm³/mol. The van der Waals surface area contributed by atoms with Gasteiger partial charge in [-0.25, -0.2) is 9.97 Å². The van der Waals surface area contributed by atoms with Crippen molar-refractivity contribution in [1.29, 1.82) is 0 Å². The van der Waals surface area contributed by atoms with Gasteiger partial charge in [0.05, 0.1) is 49.5 Å². The van der Waals surface area contributed by atoms with E-state index in [1.807, 2.05) is 54.1 Å². The fourth-order valence-corrected chi connectivity index (χ4v) is 14.9. The van der Waals surface area contributed by atoms with E-state index in [4.69, 9.17) is 19.4 Å². The molecule has 2 aromatic carbocycles. The van der Waals surface area contributed by atoms with Gasteiger partial charge in [-0.3, -0.25) is 0 Å². The first-order chi connectivity index (χ1) is 18.9. The van der Waals surface area contributed by atoms with Gasteiger partial charge in [-0.2, -0.15) is 0 Å². The van der Waals surface area contributed by atoms with Crippen LogP contribution < -0.4 is 0 Å². The van der Waals surface area contributed by atoms with E-state index >= 15 is 0 Å². The summed E-state index contributed by atoms with van der Waals surface area (Å²) in [7, 11) is 4.49. The van der Waals surface area contributed by atoms with Gasteiger partial charge in [-0.15, -0.1) is 22.7 Å². The molecule has 4 atom stereocenters. The largest absolute Gasteiger partial charge is 0.381 e. The van der Waals surface area contributed by atoms with Crippen molar-refractivity contribution in [2.24, 2.45) is 0 Å². The molecule has 0 aliphatic rings. The minimum absolute atomic E-state index is 0.252. The second kappa shape index (κ2) is 15.7. The van der Waals surface area contributed by atoms with E-state index in [-0.39, 0.29) is 11.5 Å². The highest BCUT2D eigenvalue weighted by Gasteiger charge is 2.32. The molecule has 210 valence electrons. The summed E-state index contributed by atoms with van der Waals surface area (Å²) >= 11 is 3.67. The van der Waals surface area contributed by atoms with Gasteiger partial charge in [0.2, 0.25) is 0 Å². The molecule has 2 aromatic heterocycles. The maximum atomic E-state index is 6.35. The van der Waals surface area contributed by atoms with Crippen molar-refractivity contribution in [3.05, 3.63) is 58.5 Å². The number of benzene rings is 2. The number of para-hydroxylation sites is 2. The van der Waals surface area contributed by atoms with Crippen molar-refractivity contribution in [2.75, 3.05) is 24.7 Å². The molecule has 0 spiro atoms. The standard InChI is InChI=1S/C28H38N2O2S5Si2/c1-7-31-27(38(3)4)19(25-29-21-13-9-11-15-23(21)35-25)17-33-37-34-18-20(28(32-8-2)39(5)6)26-30-22-14-10-12-16-24(22)36-26/h9-16,19-20,27-28H,7-8,17-18H2,1-6H3. The van der Waals surface area contributed by atoms with Crippen molar-refractivity contribution in [1.82, 2.24) is 9.97 Å². The zero-order valence-corrected chi connectivity index (χ0v) is 29.6. The van der Waals surface area contributed by atoms with Gasteiger partial charge in [0.25, 0.3) is 0 Å². The van der Waals surface area contributed by atoms with Gasteiger partial charge in [-0.05, 0) is 47.9 Å². The van der Waals surface area contributed by atoms with E-state index in [9.17, 15) is 0 Å². The summed E-state index contributed by atoms with van der Waals surface area (Å²) in [4.78, 5) is 10.1. The Hall–Kier alpha value is -0.376. The lowest BCUT2D eigenvalue weighted by molar-refractivity contribution is 0.0998. The number of nitrogens with zero attached hydrogens (tertiary/aromatic N) is 2. The summed E-state index contributed by atoms with van der Waals surface area (Å²) in [6, 6.07) is 17.0. The fraction of sp³-hybridized carbons (Fsp3) is 0.500. The molecule has 0 saturated carbocycles. The molecule has 4 nitrogen and oxygen atoms in total. The summed E-state index contributed by atoms with van der Waals surface area (Å²) in [5.74, 6) is 2.60. The summed E-state index contributed by atoms with van der Waals surface area (Å²) < 4.78 is 15.2. The number of fused-ring (bicyclic) bond motifs is 2. The minimum atomic E-state index is -0.654. The molecular formula is C28H38N2O2S5Si2. The third kappa shape index (κ3) is 8.35. The van der Waals surface area contributed by atoms with Gasteiger partial charge in [0.15, 0.2) is 0 Å². The Balaban J connectivity index is 1.45. The lowest BCUT2D eigenvalue weighted by Gasteiger charge is -2.28. The van der Waals surface area contributed by atoms with E-state index < -0.39 is 17.6 Å². The number of ether oxygens (including phenoxy) is 2. The van der Waals surface area contributed by atoms with Crippen LogP contribution in [0, 0.1) is 0 Å². The Bertz CT molecular complexity index is 1140. The van der Waals surface area contributed by atoms with E-state index in [0.717, 1.165) is 35.8 Å². The average Bonchev–Trinajstić information content (AvgIpc) is 3.55. The third-order valence-corrected chi connectivity index (χ3v) is 16.5. The first-order valence-electron chi connectivity index (χ1n) is 13.4. The highest BCUT2D eigenvalue weighted by Crippen LogP contribution is 2.44. The molecule has 0 aliphatic heterocycles. The topological polar surface area (TPSA) is 44.2 Å². The maximum absolute atomic E-state index is 6.35. The van der Waals surface area contributed by atoms with Crippen LogP contribution in [0.2, 0.25) is 26.2 Å². The molecule has 4 aromatic rings. The minimum Gasteiger partial charge on any atom is -0.381 e. The molecule has 0 amide bonds. The smallest absolute Gasteiger partial charge is 0.100 e. The van der Waals surface area contributed by atoms with Gasteiger partial charge in [-0.1, -0.05) is 72.0 Å². The molecule has 0 aliphatic carbocycles. The van der Waals surface area contributed by atoms with Crippen LogP contribution >= 0.6 is 54.1 Å². The molecule has 0 fully saturated rings. The van der Waals surface area contributed by atoms with Gasteiger partial charge in [0, 0.05) is 36.6 Å². The van der Waals surface area contributed by atoms with Crippen LogP contribution in [0.4, 0.5) is 0 Å². The molecule has 2 radical (unpaired) electrons. The molecule has 11 heteroatoms. The third-order valence-electron chi connectivity index (χ3n) is 6.41. The summed E-state index contributed by atoms with van der Waals surface area (Å²) in [6.45, 7) is 15.2. The zero-order chi connectivity index (χ0) is 27.8. The zero-order valence-electron chi connectivity index (χ0n) is 23.5. The lowest BCUT2D eigenvalue weighted by atomic mass is 10.2. The molecule has 0 N–H and O–H groups in total. The highest BCUT2D eigenvalue weighted by atomic mass is 33.5.